The molecule has 1 aliphatic rings. The second-order valence-electron chi connectivity index (χ2n) is 6.34. The second kappa shape index (κ2) is 8.31. The van der Waals surface area contributed by atoms with E-state index in [0.29, 0.717) is 30.6 Å². The van der Waals surface area contributed by atoms with Crippen LogP contribution in [0, 0.1) is 6.92 Å². The maximum atomic E-state index is 12.5. The summed E-state index contributed by atoms with van der Waals surface area (Å²) in [5.74, 6) is -0.691. The smallest absolute Gasteiger partial charge is 0.323 e. The van der Waals surface area contributed by atoms with E-state index in [9.17, 15) is 14.4 Å². The van der Waals surface area contributed by atoms with Gasteiger partial charge in [0.1, 0.15) is 6.04 Å². The van der Waals surface area contributed by atoms with Crippen molar-refractivity contribution in [1.82, 2.24) is 20.7 Å². The fourth-order valence-corrected chi connectivity index (χ4v) is 2.99. The molecule has 27 heavy (non-hydrogen) atoms. The molecule has 1 saturated heterocycles. The molecule has 3 rings (SSSR count). The molecule has 2 heterocycles. The van der Waals surface area contributed by atoms with Crippen LogP contribution in [0.5, 0.6) is 0 Å². The van der Waals surface area contributed by atoms with Gasteiger partial charge in [-0.25, -0.2) is 10.2 Å². The van der Waals surface area contributed by atoms with Gasteiger partial charge in [-0.1, -0.05) is 17.7 Å². The number of nitrogens with one attached hydrogen (secondary N) is 3. The maximum absolute atomic E-state index is 12.5. The number of carbonyl (C=O) groups is 3. The maximum Gasteiger partial charge on any atom is 0.336 e. The molecule has 0 aliphatic carbocycles. The predicted octanol–water partition coefficient (Wildman–Crippen LogP) is 1.85. The zero-order valence-corrected chi connectivity index (χ0v) is 14.9. The second-order valence-corrected chi connectivity index (χ2v) is 6.34. The first-order valence-electron chi connectivity index (χ1n) is 8.69. The van der Waals surface area contributed by atoms with Gasteiger partial charge in [-0.2, -0.15) is 0 Å². The molecule has 0 saturated carbocycles. The summed E-state index contributed by atoms with van der Waals surface area (Å²) >= 11 is 0. The molecule has 8 nitrogen and oxygen atoms in total. The minimum atomic E-state index is -0.596. The lowest BCUT2D eigenvalue weighted by Crippen LogP contribution is -2.52. The SMILES string of the molecule is Cc1cccc(C(=O)NNC(=O)N2CCCC2C(=O)Nc2cccnc2)c1. The van der Waals surface area contributed by atoms with Crippen molar-refractivity contribution in [2.75, 3.05) is 11.9 Å². The van der Waals surface area contributed by atoms with E-state index in [2.05, 4.69) is 21.2 Å². The third-order valence-electron chi connectivity index (χ3n) is 4.31. The molecule has 1 aromatic heterocycles. The lowest BCUT2D eigenvalue weighted by Gasteiger charge is -2.24. The summed E-state index contributed by atoms with van der Waals surface area (Å²) < 4.78 is 0. The molecule has 0 bridgehead atoms. The van der Waals surface area contributed by atoms with E-state index in [1.165, 1.54) is 4.90 Å². The highest BCUT2D eigenvalue weighted by Gasteiger charge is 2.34. The quantitative estimate of drug-likeness (QED) is 0.720. The van der Waals surface area contributed by atoms with Gasteiger partial charge in [-0.05, 0) is 44.0 Å². The molecule has 0 spiro atoms. The Morgan fingerprint density at radius 1 is 1.15 bits per heavy atom. The summed E-state index contributed by atoms with van der Waals surface area (Å²) in [5.41, 5.74) is 6.74. The molecule has 0 radical (unpaired) electrons. The van der Waals surface area contributed by atoms with Gasteiger partial charge in [0.15, 0.2) is 0 Å². The topological polar surface area (TPSA) is 103 Å². The normalized spacial score (nSPS) is 15.9. The lowest BCUT2D eigenvalue weighted by molar-refractivity contribution is -0.119. The minimum Gasteiger partial charge on any atom is -0.323 e. The molecule has 1 unspecified atom stereocenters. The van der Waals surface area contributed by atoms with Crippen molar-refractivity contribution in [2.45, 2.75) is 25.8 Å². The van der Waals surface area contributed by atoms with Crippen molar-refractivity contribution in [3.05, 3.63) is 59.9 Å². The Hall–Kier alpha value is -3.42. The first-order valence-corrected chi connectivity index (χ1v) is 8.69. The Balaban J connectivity index is 1.57. The van der Waals surface area contributed by atoms with E-state index in [1.54, 1.807) is 42.7 Å². The molecule has 1 atom stereocenters. The number of hydrogen-bond acceptors (Lipinski definition) is 4. The van der Waals surface area contributed by atoms with Crippen molar-refractivity contribution in [3.63, 3.8) is 0 Å². The van der Waals surface area contributed by atoms with Crippen LogP contribution >= 0.6 is 0 Å². The van der Waals surface area contributed by atoms with Crippen LogP contribution in [0.2, 0.25) is 0 Å². The average molecular weight is 367 g/mol. The van der Waals surface area contributed by atoms with Gasteiger partial charge >= 0.3 is 6.03 Å². The third kappa shape index (κ3) is 4.60. The minimum absolute atomic E-state index is 0.277. The lowest BCUT2D eigenvalue weighted by atomic mass is 10.1. The molecule has 1 fully saturated rings. The van der Waals surface area contributed by atoms with Crippen LogP contribution < -0.4 is 16.2 Å². The van der Waals surface area contributed by atoms with E-state index >= 15 is 0 Å². The van der Waals surface area contributed by atoms with Crippen molar-refractivity contribution in [1.29, 1.82) is 0 Å². The van der Waals surface area contributed by atoms with Crippen LogP contribution in [0.15, 0.2) is 48.8 Å². The molecule has 8 heteroatoms. The van der Waals surface area contributed by atoms with Crippen LogP contribution in [0.25, 0.3) is 0 Å². The van der Waals surface area contributed by atoms with Crippen molar-refractivity contribution >= 4 is 23.5 Å². The molecule has 1 aromatic carbocycles. The summed E-state index contributed by atoms with van der Waals surface area (Å²) in [6.07, 6.45) is 4.43. The first kappa shape index (κ1) is 18.4. The van der Waals surface area contributed by atoms with E-state index in [0.717, 1.165) is 5.56 Å². The van der Waals surface area contributed by atoms with Crippen molar-refractivity contribution < 1.29 is 14.4 Å². The zero-order chi connectivity index (χ0) is 19.2. The molecule has 4 amide bonds. The number of anilines is 1. The fraction of sp³-hybridized carbons (Fsp3) is 0.263. The molecule has 1 aliphatic heterocycles. The Labute approximate surface area is 156 Å². The largest absolute Gasteiger partial charge is 0.336 e. The number of likely N-dealkylation sites (tertiary alicyclic amines) is 1. The number of benzene rings is 1. The predicted molar refractivity (Wildman–Crippen MR) is 99.8 cm³/mol. The Bertz CT molecular complexity index is 840. The number of urea groups is 1. The van der Waals surface area contributed by atoms with Crippen LogP contribution in [-0.4, -0.2) is 40.3 Å². The summed E-state index contributed by atoms with van der Waals surface area (Å²) in [5, 5.41) is 2.76. The molecule has 2 aromatic rings. The zero-order valence-electron chi connectivity index (χ0n) is 14.9. The van der Waals surface area contributed by atoms with Gasteiger partial charge in [0.2, 0.25) is 5.91 Å². The highest BCUT2D eigenvalue weighted by Crippen LogP contribution is 2.19. The highest BCUT2D eigenvalue weighted by molar-refractivity contribution is 5.98. The molecule has 3 N–H and O–H groups in total. The first-order chi connectivity index (χ1) is 13.0. The summed E-state index contributed by atoms with van der Waals surface area (Å²) in [7, 11) is 0. The van der Waals surface area contributed by atoms with E-state index in [1.807, 2.05) is 13.0 Å². The number of hydrazine groups is 1. The average Bonchev–Trinajstić information content (AvgIpc) is 3.17. The van der Waals surface area contributed by atoms with Gasteiger partial charge in [-0.15, -0.1) is 0 Å². The van der Waals surface area contributed by atoms with Gasteiger partial charge in [-0.3, -0.25) is 20.0 Å². The molecule has 140 valence electrons. The van der Waals surface area contributed by atoms with Gasteiger partial charge in [0.25, 0.3) is 5.91 Å². The molecular formula is C19H21N5O3. The Morgan fingerprint density at radius 2 is 2.00 bits per heavy atom. The summed E-state index contributed by atoms with van der Waals surface area (Å²) in [6.45, 7) is 2.32. The number of aromatic nitrogens is 1. The van der Waals surface area contributed by atoms with E-state index in [4.69, 9.17) is 0 Å². The van der Waals surface area contributed by atoms with Crippen LogP contribution in [0.3, 0.4) is 0 Å². The number of carbonyl (C=O) groups excluding carboxylic acids is 3. The summed E-state index contributed by atoms with van der Waals surface area (Å²) in [4.78, 5) is 42.4. The van der Waals surface area contributed by atoms with Crippen LogP contribution in [0.1, 0.15) is 28.8 Å². The van der Waals surface area contributed by atoms with Crippen molar-refractivity contribution in [3.8, 4) is 0 Å². The van der Waals surface area contributed by atoms with Crippen LogP contribution in [0.4, 0.5) is 10.5 Å². The van der Waals surface area contributed by atoms with Gasteiger partial charge in [0, 0.05) is 18.3 Å². The van der Waals surface area contributed by atoms with Crippen molar-refractivity contribution in [2.24, 2.45) is 0 Å². The van der Waals surface area contributed by atoms with Gasteiger partial charge in [0.05, 0.1) is 11.9 Å². The number of nitrogens with zero attached hydrogens (tertiary/aromatic N) is 2. The van der Waals surface area contributed by atoms with E-state index in [-0.39, 0.29) is 5.91 Å². The third-order valence-corrected chi connectivity index (χ3v) is 4.31. The number of pyridine rings is 1. The van der Waals surface area contributed by atoms with Crippen LogP contribution in [-0.2, 0) is 4.79 Å². The number of rotatable bonds is 3. The number of aryl methyl sites for hydroxylation is 1. The molecular weight excluding hydrogens is 346 g/mol. The standard InChI is InChI=1S/C19H21N5O3/c1-13-5-2-6-14(11-13)17(25)22-23-19(27)24-10-4-8-16(24)18(26)21-15-7-3-9-20-12-15/h2-3,5-7,9,11-12,16H,4,8,10H2,1H3,(H,21,26)(H,22,25)(H,23,27). The highest BCUT2D eigenvalue weighted by atomic mass is 16.2. The Kier molecular flexibility index (Phi) is 5.65. The summed E-state index contributed by atoms with van der Waals surface area (Å²) in [6, 6.07) is 9.37. The Morgan fingerprint density at radius 3 is 2.74 bits per heavy atom. The number of amides is 4. The number of hydrogen-bond donors (Lipinski definition) is 3. The van der Waals surface area contributed by atoms with E-state index < -0.39 is 18.0 Å². The fourth-order valence-electron chi connectivity index (χ4n) is 2.99. The van der Waals surface area contributed by atoms with Gasteiger partial charge < -0.3 is 10.2 Å². The monoisotopic (exact) mass is 367 g/mol.